The second-order valence-electron chi connectivity index (χ2n) is 7.90. The number of hydrogen-bond acceptors (Lipinski definition) is 3. The third-order valence-electron chi connectivity index (χ3n) is 6.00. The van der Waals surface area contributed by atoms with E-state index >= 15 is 0 Å². The van der Waals surface area contributed by atoms with Gasteiger partial charge in [-0.25, -0.2) is 4.98 Å². The van der Waals surface area contributed by atoms with Gasteiger partial charge in [-0.3, -0.25) is 4.57 Å². The first-order valence-electron chi connectivity index (χ1n) is 11.9. The van der Waals surface area contributed by atoms with Crippen LogP contribution in [0, 0.1) is 6.85 Å². The molecule has 3 aromatic heterocycles. The molecule has 0 N–H and O–H groups in total. The van der Waals surface area contributed by atoms with E-state index in [9.17, 15) is 0 Å². The summed E-state index contributed by atoms with van der Waals surface area (Å²) in [5, 5.41) is 5.11. The van der Waals surface area contributed by atoms with Gasteiger partial charge in [0.25, 0.3) is 0 Å². The number of aromatic nitrogens is 2. The molecule has 0 bridgehead atoms. The summed E-state index contributed by atoms with van der Waals surface area (Å²) in [6.07, 6.45) is 0. The van der Waals surface area contributed by atoms with Crippen molar-refractivity contribution in [3.8, 4) is 17.1 Å². The Labute approximate surface area is 192 Å². The number of hydrogen-bond donors (Lipinski definition) is 0. The predicted octanol–water partition coefficient (Wildman–Crippen LogP) is 8.12. The van der Waals surface area contributed by atoms with E-state index in [-0.39, 0.29) is 0 Å². The molecule has 7 rings (SSSR count). The number of benzene rings is 4. The SMILES string of the molecule is [2H]C([2H])([2H])c1ccc2scc(-c3nc4ccccc4n3-c3ccc4c(c3)oc3ccccc34)c2c1. The number of aryl methyl sites for hydroxylation is 1. The topological polar surface area (TPSA) is 31.0 Å². The van der Waals surface area contributed by atoms with Gasteiger partial charge in [0.15, 0.2) is 0 Å². The van der Waals surface area contributed by atoms with Gasteiger partial charge in [0, 0.05) is 42.0 Å². The van der Waals surface area contributed by atoms with Crippen LogP contribution in [0.5, 0.6) is 0 Å². The summed E-state index contributed by atoms with van der Waals surface area (Å²) in [5.41, 5.74) is 5.70. The maximum absolute atomic E-state index is 7.87. The van der Waals surface area contributed by atoms with Crippen molar-refractivity contribution in [3.05, 3.63) is 95.9 Å². The highest BCUT2D eigenvalue weighted by Gasteiger charge is 2.18. The van der Waals surface area contributed by atoms with Crippen molar-refractivity contribution in [2.24, 2.45) is 0 Å². The molecule has 4 heteroatoms. The second-order valence-corrected chi connectivity index (χ2v) is 8.81. The van der Waals surface area contributed by atoms with Gasteiger partial charge in [-0.15, -0.1) is 11.3 Å². The Morgan fingerprint density at radius 1 is 0.844 bits per heavy atom. The Hall–Kier alpha value is -3.89. The lowest BCUT2D eigenvalue weighted by Gasteiger charge is -2.09. The third-order valence-corrected chi connectivity index (χ3v) is 6.96. The van der Waals surface area contributed by atoms with Gasteiger partial charge >= 0.3 is 0 Å². The van der Waals surface area contributed by atoms with Crippen molar-refractivity contribution in [3.63, 3.8) is 0 Å². The highest BCUT2D eigenvalue weighted by Crippen LogP contribution is 2.38. The lowest BCUT2D eigenvalue weighted by Crippen LogP contribution is -1.97. The summed E-state index contributed by atoms with van der Waals surface area (Å²) in [6.45, 7) is -2.17. The van der Waals surface area contributed by atoms with Gasteiger partial charge in [-0.05, 0) is 49.3 Å². The Kier molecular flexibility index (Phi) is 3.07. The summed E-state index contributed by atoms with van der Waals surface area (Å²) in [4.78, 5) is 4.99. The van der Waals surface area contributed by atoms with E-state index in [1.807, 2.05) is 42.5 Å². The van der Waals surface area contributed by atoms with Crippen LogP contribution >= 0.6 is 11.3 Å². The molecule has 32 heavy (non-hydrogen) atoms. The highest BCUT2D eigenvalue weighted by atomic mass is 32.1. The first-order chi connectivity index (χ1) is 17.0. The number of fused-ring (bicyclic) bond motifs is 5. The van der Waals surface area contributed by atoms with E-state index in [0.29, 0.717) is 5.56 Å². The molecule has 0 fully saturated rings. The molecule has 0 saturated carbocycles. The van der Waals surface area contributed by atoms with Crippen LogP contribution in [0.3, 0.4) is 0 Å². The van der Waals surface area contributed by atoms with E-state index in [1.165, 1.54) is 0 Å². The van der Waals surface area contributed by atoms with E-state index < -0.39 is 6.85 Å². The Morgan fingerprint density at radius 2 is 1.72 bits per heavy atom. The third kappa shape index (κ3) is 2.50. The summed E-state index contributed by atoms with van der Waals surface area (Å²) in [7, 11) is 0. The number of para-hydroxylation sites is 3. The van der Waals surface area contributed by atoms with Crippen molar-refractivity contribution >= 4 is 54.4 Å². The standard InChI is InChI=1S/C28H18N2OS/c1-17-10-13-27-21(14-17)22(16-32-27)28-29-23-7-3-4-8-24(23)30(28)18-11-12-20-19-6-2-5-9-25(19)31-26(20)15-18/h2-16H,1H3/i1D3. The fourth-order valence-electron chi connectivity index (χ4n) is 4.52. The predicted molar refractivity (Wildman–Crippen MR) is 134 cm³/mol. The van der Waals surface area contributed by atoms with E-state index in [4.69, 9.17) is 13.5 Å². The average Bonchev–Trinajstić information content (AvgIpc) is 3.55. The second kappa shape index (κ2) is 6.55. The van der Waals surface area contributed by atoms with Crippen LogP contribution in [0.4, 0.5) is 0 Å². The Bertz CT molecular complexity index is 1910. The van der Waals surface area contributed by atoms with Crippen LogP contribution in [0.15, 0.2) is 94.7 Å². The fourth-order valence-corrected chi connectivity index (χ4v) is 5.44. The maximum Gasteiger partial charge on any atom is 0.147 e. The number of imidazole rings is 1. The lowest BCUT2D eigenvalue weighted by molar-refractivity contribution is 0.668. The van der Waals surface area contributed by atoms with E-state index in [2.05, 4.69) is 40.3 Å². The van der Waals surface area contributed by atoms with Crippen LogP contribution in [0.25, 0.3) is 60.1 Å². The van der Waals surface area contributed by atoms with Crippen molar-refractivity contribution in [2.75, 3.05) is 0 Å². The fraction of sp³-hybridized carbons (Fsp3) is 0.0357. The normalized spacial score (nSPS) is 13.7. The Balaban J connectivity index is 1.51. The van der Waals surface area contributed by atoms with Gasteiger partial charge in [0.2, 0.25) is 0 Å². The molecular weight excluding hydrogens is 412 g/mol. The minimum Gasteiger partial charge on any atom is -0.456 e. The van der Waals surface area contributed by atoms with Crippen molar-refractivity contribution in [2.45, 2.75) is 6.85 Å². The van der Waals surface area contributed by atoms with Crippen molar-refractivity contribution < 1.29 is 8.53 Å². The van der Waals surface area contributed by atoms with Crippen LogP contribution in [-0.4, -0.2) is 9.55 Å². The molecule has 0 radical (unpaired) electrons. The molecule has 0 aliphatic heterocycles. The minimum absolute atomic E-state index is 0.330. The first-order valence-corrected chi connectivity index (χ1v) is 11.3. The van der Waals surface area contributed by atoms with Gasteiger partial charge in [-0.2, -0.15) is 0 Å². The minimum atomic E-state index is -2.17. The first kappa shape index (κ1) is 15.0. The average molecular weight is 434 g/mol. The zero-order valence-corrected chi connectivity index (χ0v) is 17.7. The zero-order valence-electron chi connectivity index (χ0n) is 19.9. The number of thiophene rings is 1. The lowest BCUT2D eigenvalue weighted by atomic mass is 10.1. The largest absolute Gasteiger partial charge is 0.456 e. The van der Waals surface area contributed by atoms with Crippen LogP contribution in [-0.2, 0) is 0 Å². The summed E-state index contributed by atoms with van der Waals surface area (Å²) < 4.78 is 32.9. The maximum atomic E-state index is 7.87. The molecule has 0 spiro atoms. The molecule has 0 saturated heterocycles. The molecule has 0 atom stereocenters. The van der Waals surface area contributed by atoms with Crippen molar-refractivity contribution in [1.29, 1.82) is 0 Å². The van der Waals surface area contributed by atoms with Gasteiger partial charge in [-0.1, -0.05) is 42.0 Å². The molecule has 0 aliphatic rings. The monoisotopic (exact) mass is 433 g/mol. The Morgan fingerprint density at radius 3 is 2.69 bits per heavy atom. The summed E-state index contributed by atoms with van der Waals surface area (Å²) in [6, 6.07) is 27.7. The number of furan rings is 1. The quantitative estimate of drug-likeness (QED) is 0.276. The smallest absolute Gasteiger partial charge is 0.147 e. The molecule has 4 aromatic carbocycles. The molecule has 152 valence electrons. The van der Waals surface area contributed by atoms with E-state index in [1.54, 1.807) is 23.5 Å². The van der Waals surface area contributed by atoms with Crippen LogP contribution < -0.4 is 0 Å². The van der Waals surface area contributed by atoms with E-state index in [0.717, 1.165) is 60.1 Å². The molecule has 0 unspecified atom stereocenters. The van der Waals surface area contributed by atoms with Gasteiger partial charge in [0.05, 0.1) is 16.7 Å². The number of nitrogens with zero attached hydrogens (tertiary/aromatic N) is 2. The number of rotatable bonds is 2. The van der Waals surface area contributed by atoms with Crippen LogP contribution in [0.1, 0.15) is 9.68 Å². The molecular formula is C28H18N2OS. The molecule has 0 aliphatic carbocycles. The highest BCUT2D eigenvalue weighted by molar-refractivity contribution is 7.17. The zero-order chi connectivity index (χ0) is 23.7. The molecule has 7 aromatic rings. The molecule has 3 heterocycles. The summed E-state index contributed by atoms with van der Waals surface area (Å²) in [5.74, 6) is 0.774. The van der Waals surface area contributed by atoms with Crippen molar-refractivity contribution in [1.82, 2.24) is 9.55 Å². The molecule has 0 amide bonds. The summed E-state index contributed by atoms with van der Waals surface area (Å²) >= 11 is 1.59. The van der Waals surface area contributed by atoms with Gasteiger partial charge < -0.3 is 4.42 Å². The molecule has 3 nitrogen and oxygen atoms in total. The van der Waals surface area contributed by atoms with Crippen LogP contribution in [0.2, 0.25) is 0 Å². The van der Waals surface area contributed by atoms with Gasteiger partial charge in [0.1, 0.15) is 17.0 Å².